The average molecular weight is 1530 g/mol. The Morgan fingerprint density at radius 2 is 0.725 bits per heavy atom. The first-order valence-electron chi connectivity index (χ1n) is 35.5. The summed E-state index contributed by atoms with van der Waals surface area (Å²) in [6, 6.07) is 43.5. The standard InChI is InChI=1S/C25H30N2O5.C20H22N2O3.C18H27NO3.C17H25NO4.CO2.4CH4.ClH/c1-25(2,3)32-24(29)27-13-18(22(14-27)16-5-8-19(30-4)9-6-16)15-31-20-10-7-17-12-26-23(28)21(17)11-20;1-24-16-5-2-13(3-6-16)19-11-21-9-15(19)12-25-17-7-4-14-10-22-20(23)18(14)8-17;1-6-13-11-19(17(20)22-18(2,3)4)12-16(13)14-7-9-15(21-5)10-8-14;1-17(2,3)22-16(20)18-9-13(11-19)15(10-18)12-5-7-14(21-4)8-6-12;2-1-3;;;;;/h5-11,18,22H,12-15H2,1-4H3,(H,26,28);2-8,15,19,21H,9-12H2,1H3,(H,22,23);7-10,13,16H,6,11-12H2,1-5H3;5-8,13,15,19H,9-11H2,1-4H3;;4*1H4;1H/t18-,22+;15-,19+;13-,16+;13-,15+;;;;;;/m1101....../s1. The summed E-state index contributed by atoms with van der Waals surface area (Å²) in [7, 11) is 6.62. The first kappa shape index (κ1) is 93.7. The van der Waals surface area contributed by atoms with Gasteiger partial charge in [0.25, 0.3) is 11.8 Å². The van der Waals surface area contributed by atoms with E-state index in [1.54, 1.807) is 44.3 Å². The van der Waals surface area contributed by atoms with Crippen LogP contribution in [0.1, 0.15) is 183 Å². The lowest BCUT2D eigenvalue weighted by atomic mass is 9.87. The third kappa shape index (κ3) is 26.6. The quantitative estimate of drug-likeness (QED) is 0.0656. The molecule has 0 unspecified atom stereocenters. The van der Waals surface area contributed by atoms with Crippen LogP contribution in [0.15, 0.2) is 133 Å². The van der Waals surface area contributed by atoms with Crippen molar-refractivity contribution < 1.29 is 81.3 Å². The van der Waals surface area contributed by atoms with E-state index in [0.717, 1.165) is 89.2 Å². The van der Waals surface area contributed by atoms with Gasteiger partial charge >= 0.3 is 24.4 Å². The fraction of sp³-hybridized carbons (Fsp3) is 0.506. The van der Waals surface area contributed by atoms with Crippen LogP contribution in [0.2, 0.25) is 0 Å². The summed E-state index contributed by atoms with van der Waals surface area (Å²) in [4.78, 5) is 82.5. The molecule has 8 atom stereocenters. The van der Waals surface area contributed by atoms with E-state index in [2.05, 4.69) is 47.1 Å². The van der Waals surface area contributed by atoms with Crippen molar-refractivity contribution >= 4 is 48.7 Å². The van der Waals surface area contributed by atoms with Crippen molar-refractivity contribution in [2.75, 3.05) is 101 Å². The Labute approximate surface area is 653 Å². The molecule has 23 nitrogen and oxygen atoms in total. The molecule has 0 saturated carbocycles. The second-order valence-electron chi connectivity index (χ2n) is 29.7. The van der Waals surface area contributed by atoms with Crippen molar-refractivity contribution in [2.45, 2.75) is 159 Å². The lowest BCUT2D eigenvalue weighted by molar-refractivity contribution is -0.191. The molecule has 4 N–H and O–H groups in total. The highest BCUT2D eigenvalue weighted by Gasteiger charge is 2.41. The van der Waals surface area contributed by atoms with Gasteiger partial charge in [0, 0.05) is 125 Å². The summed E-state index contributed by atoms with van der Waals surface area (Å²) in [6.45, 7) is 26.9. The van der Waals surface area contributed by atoms with Gasteiger partial charge in [-0.1, -0.05) is 104 Å². The highest BCUT2D eigenvalue weighted by atomic mass is 35.5. The van der Waals surface area contributed by atoms with Crippen LogP contribution in [0.25, 0.3) is 0 Å². The van der Waals surface area contributed by atoms with Gasteiger partial charge in [-0.25, -0.2) is 14.4 Å². The Morgan fingerprint density at radius 1 is 0.431 bits per heavy atom. The van der Waals surface area contributed by atoms with Crippen LogP contribution in [-0.4, -0.2) is 173 Å². The van der Waals surface area contributed by atoms with Crippen molar-refractivity contribution in [3.63, 3.8) is 0 Å². The molecule has 0 radical (unpaired) electrons. The van der Waals surface area contributed by atoms with E-state index in [1.165, 1.54) is 11.1 Å². The van der Waals surface area contributed by atoms with E-state index >= 15 is 0 Å². The smallest absolute Gasteiger partial charge is 0.410 e. The number of aliphatic hydroxyl groups is 1. The molecular weight excluding hydrogens is 1410 g/mol. The van der Waals surface area contributed by atoms with Gasteiger partial charge in [-0.15, -0.1) is 12.4 Å². The highest BCUT2D eigenvalue weighted by Crippen LogP contribution is 2.39. The number of nitrogens with zero attached hydrogens (tertiary/aromatic N) is 3. The minimum Gasteiger partial charge on any atom is -0.497 e. The molecule has 0 aromatic heterocycles. The van der Waals surface area contributed by atoms with Crippen LogP contribution in [0.3, 0.4) is 0 Å². The number of aliphatic hydroxyl groups excluding tert-OH is 1. The molecule has 0 aliphatic carbocycles. The summed E-state index contributed by atoms with van der Waals surface area (Å²) < 4.78 is 49.5. The molecule has 4 saturated heterocycles. The number of rotatable bonds is 16. The van der Waals surface area contributed by atoms with Crippen molar-refractivity contribution in [1.82, 2.24) is 30.7 Å². The molecule has 6 aliphatic heterocycles. The number of benzene rings is 6. The van der Waals surface area contributed by atoms with Gasteiger partial charge in [0.05, 0.1) is 41.7 Å². The normalized spacial score (nSPS) is 19.7. The maximum absolute atomic E-state index is 12.7. The largest absolute Gasteiger partial charge is 0.497 e. The van der Waals surface area contributed by atoms with Crippen LogP contribution in [0.5, 0.6) is 34.5 Å². The van der Waals surface area contributed by atoms with Gasteiger partial charge in [-0.05, 0) is 174 Å². The van der Waals surface area contributed by atoms with E-state index in [4.69, 9.17) is 52.2 Å². The maximum Gasteiger partial charge on any atom is 0.410 e. The molecule has 12 rings (SSSR count). The van der Waals surface area contributed by atoms with Gasteiger partial charge in [0.15, 0.2) is 0 Å². The Bertz CT molecular complexity index is 3760. The average Bonchev–Trinajstić information content (AvgIpc) is 1.69. The number of hydrogen-bond acceptors (Lipinski definition) is 18. The summed E-state index contributed by atoms with van der Waals surface area (Å²) in [5, 5.41) is 18.7. The van der Waals surface area contributed by atoms with E-state index in [-0.39, 0.29) is 109 Å². The van der Waals surface area contributed by atoms with Gasteiger partial charge in [-0.3, -0.25) is 9.59 Å². The van der Waals surface area contributed by atoms with Gasteiger partial charge in [0.2, 0.25) is 0 Å². The zero-order chi connectivity index (χ0) is 75.5. The van der Waals surface area contributed by atoms with E-state index in [1.807, 2.05) is 170 Å². The summed E-state index contributed by atoms with van der Waals surface area (Å²) in [6.07, 6.45) is 0.465. The van der Waals surface area contributed by atoms with Crippen molar-refractivity contribution in [2.24, 2.45) is 23.7 Å². The molecular formula is C85H121ClN6O17. The number of nitrogens with one attached hydrogen (secondary N) is 3. The lowest BCUT2D eigenvalue weighted by Gasteiger charge is -2.24. The zero-order valence-electron chi connectivity index (χ0n) is 62.9. The van der Waals surface area contributed by atoms with Crippen molar-refractivity contribution in [1.29, 1.82) is 0 Å². The molecule has 0 spiro atoms. The second-order valence-corrected chi connectivity index (χ2v) is 29.7. The molecule has 24 heteroatoms. The molecule has 600 valence electrons. The highest BCUT2D eigenvalue weighted by molar-refractivity contribution is 5.99. The first-order chi connectivity index (χ1) is 49.6. The van der Waals surface area contributed by atoms with Gasteiger partial charge in [0.1, 0.15) is 51.3 Å². The molecule has 6 aromatic carbocycles. The van der Waals surface area contributed by atoms with Crippen LogP contribution in [0.4, 0.5) is 14.4 Å². The number of halogens is 1. The number of likely N-dealkylation sites (tertiary alicyclic amines) is 3. The van der Waals surface area contributed by atoms with Crippen LogP contribution >= 0.6 is 12.4 Å². The molecule has 0 bridgehead atoms. The number of fused-ring (bicyclic) bond motifs is 2. The monoisotopic (exact) mass is 1530 g/mol. The number of methoxy groups -OCH3 is 4. The predicted molar refractivity (Wildman–Crippen MR) is 426 cm³/mol. The lowest BCUT2D eigenvalue weighted by Crippen LogP contribution is -2.35. The Hall–Kier alpha value is -9.54. The Balaban J connectivity index is 0.000000371. The molecule has 4 fully saturated rings. The molecule has 5 amide bonds. The van der Waals surface area contributed by atoms with E-state index in [9.17, 15) is 29.1 Å². The molecule has 6 heterocycles. The molecule has 109 heavy (non-hydrogen) atoms. The van der Waals surface area contributed by atoms with E-state index < -0.39 is 16.8 Å². The molecule has 6 aliphatic rings. The number of carbonyl (C=O) groups is 5. The zero-order valence-corrected chi connectivity index (χ0v) is 63.8. The number of hydrogen-bond donors (Lipinski definition) is 4. The minimum absolute atomic E-state index is 0. The fourth-order valence-electron chi connectivity index (χ4n) is 13.6. The van der Waals surface area contributed by atoms with Gasteiger partial charge in [-0.2, -0.15) is 9.59 Å². The van der Waals surface area contributed by atoms with Crippen LogP contribution in [-0.2, 0) is 36.9 Å². The fourth-order valence-corrected chi connectivity index (χ4v) is 13.6. The summed E-state index contributed by atoms with van der Waals surface area (Å²) >= 11 is 0. The van der Waals surface area contributed by atoms with Gasteiger partial charge < -0.3 is 78.4 Å². The van der Waals surface area contributed by atoms with Crippen molar-refractivity contribution in [3.8, 4) is 34.5 Å². The topological polar surface area (TPSA) is 269 Å². The van der Waals surface area contributed by atoms with Crippen molar-refractivity contribution in [3.05, 3.63) is 178 Å². The Morgan fingerprint density at radius 3 is 1.05 bits per heavy atom. The molecule has 6 aromatic rings. The summed E-state index contributed by atoms with van der Waals surface area (Å²) in [5.41, 5.74) is 6.69. The predicted octanol–water partition coefficient (Wildman–Crippen LogP) is 15.4. The minimum atomic E-state index is -0.549. The third-order valence-electron chi connectivity index (χ3n) is 19.0. The SMILES string of the molecule is C.C.C.C.CC[C@H]1CN(C(=O)OC(C)(C)C)C[C@H]1c1ccc(OC)cc1.COc1ccc([C@@H]2CN(C(=O)OC(C)(C)C)C[C@@H]2CO)cc1.COc1ccc([C@@H]2CN(C(=O)OC(C)(C)C)C[C@@H]2COc2ccc3c(c2)C(=O)NC3)cc1.COc1ccc([C@@H]2CNC[C@@H]2COc2ccc3c(c2)C(=O)NC3)cc1.Cl.O=C=O. The second kappa shape index (κ2) is 43.0. The first-order valence-corrected chi connectivity index (χ1v) is 35.5. The third-order valence-corrected chi connectivity index (χ3v) is 19.0. The Kier molecular flexibility index (Phi) is 37.0. The number of ether oxygens (including phenoxy) is 9. The van der Waals surface area contributed by atoms with Crippen LogP contribution in [0, 0.1) is 23.7 Å². The van der Waals surface area contributed by atoms with E-state index in [0.29, 0.717) is 87.5 Å². The number of carbonyl (C=O) groups excluding carboxylic acids is 7. The summed E-state index contributed by atoms with van der Waals surface area (Å²) in [5.74, 6) is 6.64. The van der Waals surface area contributed by atoms with Crippen LogP contribution < -0.4 is 44.4 Å². The maximum atomic E-state index is 12.7. The number of amides is 5.